The lowest BCUT2D eigenvalue weighted by Gasteiger charge is -2.20. The number of carbonyl (C=O) groups excluding carboxylic acids is 2. The minimum Gasteiger partial charge on any atom is -0.462 e. The van der Waals surface area contributed by atoms with Crippen LogP contribution in [0.25, 0.3) is 0 Å². The SMILES string of the molecule is CCCCC[C@H](O)/C=C/[C@@H]1[C@@H](C/C=C/CCCC(=O)OC[C@H](COP(=O)(O)OC[C@@H](O)COP(=O)(O)O)OC(=O)CCCCCCCCCCC(C)CC)[C@@H](O)C[C@H]1O. The van der Waals surface area contributed by atoms with Crippen molar-refractivity contribution < 1.29 is 76.9 Å². The molecule has 0 aliphatic heterocycles. The zero-order valence-electron chi connectivity index (χ0n) is 35.6. The van der Waals surface area contributed by atoms with Gasteiger partial charge in [0.2, 0.25) is 0 Å². The Morgan fingerprint density at radius 1 is 0.729 bits per heavy atom. The molecule has 7 N–H and O–H groups in total. The van der Waals surface area contributed by atoms with Gasteiger partial charge in [0.1, 0.15) is 12.7 Å². The Balaban J connectivity index is 2.59. The molecule has 16 nitrogen and oxygen atoms in total. The highest BCUT2D eigenvalue weighted by Gasteiger charge is 2.39. The quantitative estimate of drug-likeness (QED) is 0.0145. The van der Waals surface area contributed by atoms with Gasteiger partial charge in [-0.1, -0.05) is 122 Å². The van der Waals surface area contributed by atoms with Crippen LogP contribution in [0.5, 0.6) is 0 Å². The second-order valence-electron chi connectivity index (χ2n) is 15.8. The van der Waals surface area contributed by atoms with Gasteiger partial charge in [-0.3, -0.25) is 23.2 Å². The van der Waals surface area contributed by atoms with Crippen molar-refractivity contribution in [1.29, 1.82) is 0 Å². The zero-order valence-corrected chi connectivity index (χ0v) is 37.4. The summed E-state index contributed by atoms with van der Waals surface area (Å²) >= 11 is 0. The smallest absolute Gasteiger partial charge is 0.462 e. The van der Waals surface area contributed by atoms with Crippen molar-refractivity contribution in [2.75, 3.05) is 26.4 Å². The first-order valence-electron chi connectivity index (χ1n) is 21.7. The van der Waals surface area contributed by atoms with Crippen LogP contribution < -0.4 is 0 Å². The zero-order chi connectivity index (χ0) is 44.1. The predicted octanol–water partition coefficient (Wildman–Crippen LogP) is 6.96. The molecule has 346 valence electrons. The highest BCUT2D eigenvalue weighted by atomic mass is 31.2. The van der Waals surface area contributed by atoms with Crippen LogP contribution in [0.3, 0.4) is 0 Å². The van der Waals surface area contributed by atoms with E-state index in [9.17, 15) is 44.0 Å². The van der Waals surface area contributed by atoms with Gasteiger partial charge in [-0.15, -0.1) is 0 Å². The number of unbranched alkanes of at least 4 members (excludes halogenated alkanes) is 10. The van der Waals surface area contributed by atoms with E-state index < -0.39 is 84.5 Å². The molecular weight excluding hydrogens is 810 g/mol. The first-order chi connectivity index (χ1) is 28.0. The van der Waals surface area contributed by atoms with Gasteiger partial charge in [-0.25, -0.2) is 9.13 Å². The van der Waals surface area contributed by atoms with Crippen molar-refractivity contribution in [3.05, 3.63) is 24.3 Å². The normalized spacial score (nSPS) is 21.7. The molecule has 1 rings (SSSR count). The summed E-state index contributed by atoms with van der Waals surface area (Å²) in [6.07, 6.45) is 18.6. The second kappa shape index (κ2) is 32.2. The maximum Gasteiger partial charge on any atom is 0.472 e. The first kappa shape index (κ1) is 55.5. The van der Waals surface area contributed by atoms with Gasteiger partial charge in [0.05, 0.1) is 38.1 Å². The summed E-state index contributed by atoms with van der Waals surface area (Å²) in [6.45, 7) is 3.66. The van der Waals surface area contributed by atoms with Crippen LogP contribution in [0.15, 0.2) is 24.3 Å². The van der Waals surface area contributed by atoms with Gasteiger partial charge in [0.15, 0.2) is 6.10 Å². The first-order valence-corrected chi connectivity index (χ1v) is 24.7. The van der Waals surface area contributed by atoms with Crippen LogP contribution in [0.4, 0.5) is 0 Å². The van der Waals surface area contributed by atoms with Crippen LogP contribution in [-0.2, 0) is 41.8 Å². The van der Waals surface area contributed by atoms with Crippen LogP contribution in [-0.4, -0.2) is 104 Å². The molecule has 1 fully saturated rings. The number of carbonyl (C=O) groups is 2. The van der Waals surface area contributed by atoms with E-state index in [-0.39, 0.29) is 31.1 Å². The Morgan fingerprint density at radius 2 is 1.34 bits per heavy atom. The Hall–Kier alpha value is -1.52. The largest absolute Gasteiger partial charge is 0.472 e. The Kier molecular flexibility index (Phi) is 30.3. The monoisotopic (exact) mass is 886 g/mol. The molecule has 0 saturated heterocycles. The van der Waals surface area contributed by atoms with Crippen molar-refractivity contribution in [3.63, 3.8) is 0 Å². The standard InChI is InChI=1S/C41H76O16P2/c1-4-6-15-21-33(42)25-26-37-36(38(44)27-39(37)45)22-17-13-14-18-23-40(46)53-30-35(31-56-59(51,52)55-29-34(43)28-54-58(48,49)50)57-41(47)24-19-12-10-8-7-9-11-16-20-32(3)5-2/h13,17,25-26,32-39,42-45H,4-12,14-16,18-24,27-31H2,1-3H3,(H,51,52)(H2,48,49,50)/b17-13+,26-25+/t32?,33-,34-,35+,36+,37+,38-,39+/m0/s1. The molecule has 0 spiro atoms. The number of hydrogen-bond acceptors (Lipinski definition) is 13. The van der Waals surface area contributed by atoms with Gasteiger partial charge in [-0.05, 0) is 43.9 Å². The minimum atomic E-state index is -4.89. The van der Waals surface area contributed by atoms with Crippen molar-refractivity contribution in [3.8, 4) is 0 Å². The van der Waals surface area contributed by atoms with Gasteiger partial charge in [-0.2, -0.15) is 0 Å². The summed E-state index contributed by atoms with van der Waals surface area (Å²) in [5.74, 6) is -0.938. The van der Waals surface area contributed by atoms with Crippen molar-refractivity contribution in [2.45, 2.75) is 180 Å². The second-order valence-corrected chi connectivity index (χ2v) is 18.5. The van der Waals surface area contributed by atoms with E-state index >= 15 is 0 Å². The van der Waals surface area contributed by atoms with E-state index in [1.807, 2.05) is 18.2 Å². The third-order valence-corrected chi connectivity index (χ3v) is 11.9. The molecule has 18 heteroatoms. The molecule has 9 atom stereocenters. The van der Waals surface area contributed by atoms with Gasteiger partial charge < -0.3 is 44.6 Å². The van der Waals surface area contributed by atoms with Crippen LogP contribution in [0, 0.1) is 17.8 Å². The maximum absolute atomic E-state index is 12.7. The Morgan fingerprint density at radius 3 is 2.00 bits per heavy atom. The highest BCUT2D eigenvalue weighted by molar-refractivity contribution is 7.47. The predicted molar refractivity (Wildman–Crippen MR) is 223 cm³/mol. The molecule has 2 unspecified atom stereocenters. The fraction of sp³-hybridized carbons (Fsp3) is 0.854. The maximum atomic E-state index is 12.7. The highest BCUT2D eigenvalue weighted by Crippen LogP contribution is 2.44. The summed E-state index contributed by atoms with van der Waals surface area (Å²) in [5.41, 5.74) is 0. The number of hydrogen-bond donors (Lipinski definition) is 7. The van der Waals surface area contributed by atoms with Crippen molar-refractivity contribution in [1.82, 2.24) is 0 Å². The van der Waals surface area contributed by atoms with Crippen LogP contribution in [0.2, 0.25) is 0 Å². The van der Waals surface area contributed by atoms with Gasteiger partial charge >= 0.3 is 27.6 Å². The fourth-order valence-corrected chi connectivity index (χ4v) is 7.83. The third-order valence-electron chi connectivity index (χ3n) is 10.4. The summed E-state index contributed by atoms with van der Waals surface area (Å²) in [6, 6.07) is 0. The molecule has 0 radical (unpaired) electrons. The molecule has 1 saturated carbocycles. The molecule has 0 bridgehead atoms. The summed E-state index contributed by atoms with van der Waals surface area (Å²) < 4.78 is 47.7. The van der Waals surface area contributed by atoms with Crippen LogP contribution in [0.1, 0.15) is 149 Å². The number of rotatable bonds is 36. The van der Waals surface area contributed by atoms with Gasteiger partial charge in [0.25, 0.3) is 0 Å². The molecule has 0 amide bonds. The number of aliphatic hydroxyl groups is 4. The summed E-state index contributed by atoms with van der Waals surface area (Å²) in [5, 5.41) is 41.0. The lowest BCUT2D eigenvalue weighted by molar-refractivity contribution is -0.161. The lowest BCUT2D eigenvalue weighted by Crippen LogP contribution is -2.30. The van der Waals surface area contributed by atoms with E-state index in [0.717, 1.165) is 50.9 Å². The summed E-state index contributed by atoms with van der Waals surface area (Å²) in [7, 11) is -9.75. The molecule has 0 aromatic heterocycles. The van der Waals surface area contributed by atoms with Crippen molar-refractivity contribution in [2.24, 2.45) is 17.8 Å². The number of esters is 2. The Bertz CT molecular complexity index is 1280. The van der Waals surface area contributed by atoms with E-state index in [2.05, 4.69) is 29.8 Å². The van der Waals surface area contributed by atoms with E-state index in [1.54, 1.807) is 6.08 Å². The molecule has 1 aliphatic rings. The van der Waals surface area contributed by atoms with Crippen LogP contribution >= 0.6 is 15.6 Å². The van der Waals surface area contributed by atoms with E-state index in [4.69, 9.17) is 23.8 Å². The Labute approximate surface area is 352 Å². The van der Waals surface area contributed by atoms with E-state index in [0.29, 0.717) is 32.1 Å². The number of phosphoric acid groups is 2. The average molecular weight is 887 g/mol. The number of aliphatic hydroxyl groups excluding tert-OH is 4. The lowest BCUT2D eigenvalue weighted by atomic mass is 9.89. The molecule has 1 aliphatic carbocycles. The third kappa shape index (κ3) is 29.4. The fourth-order valence-electron chi connectivity index (χ4n) is 6.67. The molecular formula is C41H76O16P2. The summed E-state index contributed by atoms with van der Waals surface area (Å²) in [4.78, 5) is 52.8. The van der Waals surface area contributed by atoms with E-state index in [1.165, 1.54) is 32.1 Å². The average Bonchev–Trinajstić information content (AvgIpc) is 3.45. The molecule has 59 heavy (non-hydrogen) atoms. The molecule has 0 aromatic rings. The van der Waals surface area contributed by atoms with Gasteiger partial charge in [0, 0.05) is 25.2 Å². The number of allylic oxidation sites excluding steroid dienone is 2. The van der Waals surface area contributed by atoms with Crippen molar-refractivity contribution >= 4 is 27.6 Å². The molecule has 0 heterocycles. The topological polar surface area (TPSA) is 256 Å². The minimum absolute atomic E-state index is 0.0198. The molecule has 0 aromatic carbocycles. The number of ether oxygens (including phenoxy) is 2. The number of phosphoric ester groups is 2.